The van der Waals surface area contributed by atoms with Crippen LogP contribution in [-0.4, -0.2) is 20.2 Å². The predicted octanol–water partition coefficient (Wildman–Crippen LogP) is 2.05. The number of aromatic nitrogens is 4. The van der Waals surface area contributed by atoms with E-state index in [4.69, 9.17) is 23.2 Å². The second-order valence-corrected chi connectivity index (χ2v) is 3.27. The van der Waals surface area contributed by atoms with Crippen molar-refractivity contribution in [2.45, 2.75) is 5.88 Å². The summed E-state index contributed by atoms with van der Waals surface area (Å²) in [5.41, 5.74) is 0.731. The lowest BCUT2D eigenvalue weighted by Crippen LogP contribution is -2.01. The second kappa shape index (κ2) is 3.94. The molecule has 0 bridgehead atoms. The molecule has 0 saturated heterocycles. The molecule has 1 aromatic carbocycles. The molecule has 6 heteroatoms. The number of halogens is 2. The summed E-state index contributed by atoms with van der Waals surface area (Å²) in [6.07, 6.45) is 0. The van der Waals surface area contributed by atoms with Crippen LogP contribution >= 0.6 is 23.2 Å². The Kier molecular flexibility index (Phi) is 2.65. The van der Waals surface area contributed by atoms with Gasteiger partial charge in [-0.25, -0.2) is 0 Å². The van der Waals surface area contributed by atoms with Crippen molar-refractivity contribution >= 4 is 23.2 Å². The van der Waals surface area contributed by atoms with Crippen molar-refractivity contribution in [2.24, 2.45) is 0 Å². The molecule has 2 aromatic rings. The van der Waals surface area contributed by atoms with Crippen molar-refractivity contribution in [3.05, 3.63) is 35.1 Å². The molecule has 4 nitrogen and oxygen atoms in total. The van der Waals surface area contributed by atoms with Crippen LogP contribution in [-0.2, 0) is 5.88 Å². The first kappa shape index (κ1) is 9.43. The smallest absolute Gasteiger partial charge is 0.171 e. The lowest BCUT2D eigenvalue weighted by molar-refractivity contribution is 0.777. The van der Waals surface area contributed by atoms with E-state index in [9.17, 15) is 0 Å². The van der Waals surface area contributed by atoms with Crippen LogP contribution < -0.4 is 0 Å². The van der Waals surface area contributed by atoms with E-state index in [-0.39, 0.29) is 5.88 Å². The maximum Gasteiger partial charge on any atom is 0.171 e. The molecular formula is C8H6Cl2N4. The lowest BCUT2D eigenvalue weighted by Gasteiger charge is -2.03. The Hall–Kier alpha value is -1.13. The zero-order valence-electron chi connectivity index (χ0n) is 7.06. The summed E-state index contributed by atoms with van der Waals surface area (Å²) in [6.45, 7) is 0. The van der Waals surface area contributed by atoms with E-state index >= 15 is 0 Å². The SMILES string of the molecule is ClCc1nnnn1-c1ccccc1Cl. The predicted molar refractivity (Wildman–Crippen MR) is 53.7 cm³/mol. The molecule has 2 rings (SSSR count). The van der Waals surface area contributed by atoms with Gasteiger partial charge in [0, 0.05) is 0 Å². The van der Waals surface area contributed by atoms with Gasteiger partial charge in [0.1, 0.15) is 0 Å². The molecule has 0 atom stereocenters. The molecule has 14 heavy (non-hydrogen) atoms. The van der Waals surface area contributed by atoms with Gasteiger partial charge in [-0.05, 0) is 22.6 Å². The van der Waals surface area contributed by atoms with Gasteiger partial charge in [0.2, 0.25) is 0 Å². The lowest BCUT2D eigenvalue weighted by atomic mass is 10.3. The van der Waals surface area contributed by atoms with Crippen LogP contribution in [0.4, 0.5) is 0 Å². The molecule has 0 radical (unpaired) electrons. The molecule has 0 aliphatic carbocycles. The summed E-state index contributed by atoms with van der Waals surface area (Å²) in [5, 5.41) is 11.7. The Balaban J connectivity index is 2.54. The molecule has 0 amide bonds. The van der Waals surface area contributed by atoms with Gasteiger partial charge in [-0.15, -0.1) is 16.7 Å². The Morgan fingerprint density at radius 1 is 1.29 bits per heavy atom. The summed E-state index contributed by atoms with van der Waals surface area (Å²) in [6, 6.07) is 7.31. The third-order valence-electron chi connectivity index (χ3n) is 1.73. The number of alkyl halides is 1. The van der Waals surface area contributed by atoms with Crippen LogP contribution in [0.2, 0.25) is 5.02 Å². The molecule has 1 heterocycles. The molecule has 0 saturated carbocycles. The topological polar surface area (TPSA) is 43.6 Å². The number of tetrazole rings is 1. The fourth-order valence-electron chi connectivity index (χ4n) is 1.10. The van der Waals surface area contributed by atoms with E-state index in [0.29, 0.717) is 10.8 Å². The van der Waals surface area contributed by atoms with Gasteiger partial charge in [-0.2, -0.15) is 4.68 Å². The van der Waals surface area contributed by atoms with Crippen LogP contribution in [0.3, 0.4) is 0 Å². The summed E-state index contributed by atoms with van der Waals surface area (Å²) in [5.74, 6) is 0.817. The van der Waals surface area contributed by atoms with E-state index in [0.717, 1.165) is 5.69 Å². The minimum atomic E-state index is 0.248. The third-order valence-corrected chi connectivity index (χ3v) is 2.29. The van der Waals surface area contributed by atoms with Gasteiger partial charge in [0.25, 0.3) is 0 Å². The van der Waals surface area contributed by atoms with Crippen molar-refractivity contribution < 1.29 is 0 Å². The third kappa shape index (κ3) is 1.58. The number of hydrogen-bond donors (Lipinski definition) is 0. The van der Waals surface area contributed by atoms with E-state index in [1.165, 1.54) is 4.68 Å². The van der Waals surface area contributed by atoms with Gasteiger partial charge >= 0.3 is 0 Å². The molecule has 0 aliphatic heterocycles. The molecule has 0 unspecified atom stereocenters. The number of rotatable bonds is 2. The van der Waals surface area contributed by atoms with E-state index in [1.807, 2.05) is 18.2 Å². The first-order valence-electron chi connectivity index (χ1n) is 3.91. The fraction of sp³-hybridized carbons (Fsp3) is 0.125. The zero-order valence-corrected chi connectivity index (χ0v) is 8.57. The molecule has 0 N–H and O–H groups in total. The van der Waals surface area contributed by atoms with Crippen molar-refractivity contribution in [3.63, 3.8) is 0 Å². The van der Waals surface area contributed by atoms with Gasteiger partial charge in [0.05, 0.1) is 16.6 Å². The summed E-state index contributed by atoms with van der Waals surface area (Å²) in [7, 11) is 0. The maximum absolute atomic E-state index is 5.99. The quantitative estimate of drug-likeness (QED) is 0.740. The van der Waals surface area contributed by atoms with Crippen molar-refractivity contribution in [3.8, 4) is 5.69 Å². The zero-order chi connectivity index (χ0) is 9.97. The average Bonchev–Trinajstić information content (AvgIpc) is 2.66. The molecule has 0 spiro atoms. The number of benzene rings is 1. The Bertz CT molecular complexity index is 440. The highest BCUT2D eigenvalue weighted by Crippen LogP contribution is 2.19. The molecule has 1 aromatic heterocycles. The Morgan fingerprint density at radius 3 is 2.79 bits per heavy atom. The van der Waals surface area contributed by atoms with Crippen LogP contribution in [0.25, 0.3) is 5.69 Å². The largest absolute Gasteiger partial charge is 0.195 e. The molecule has 72 valence electrons. The van der Waals surface area contributed by atoms with Gasteiger partial charge < -0.3 is 0 Å². The standard InChI is InChI=1S/C8H6Cl2N4/c9-5-8-11-12-13-14(8)7-4-2-1-3-6(7)10/h1-4H,5H2. The van der Waals surface area contributed by atoms with Gasteiger partial charge in [-0.3, -0.25) is 0 Å². The van der Waals surface area contributed by atoms with Crippen LogP contribution in [0.1, 0.15) is 5.82 Å². The van der Waals surface area contributed by atoms with Crippen molar-refractivity contribution in [1.82, 2.24) is 20.2 Å². The summed E-state index contributed by atoms with van der Waals surface area (Å²) >= 11 is 11.7. The van der Waals surface area contributed by atoms with Gasteiger partial charge in [0.15, 0.2) is 5.82 Å². The molecule has 0 aliphatic rings. The second-order valence-electron chi connectivity index (χ2n) is 2.59. The number of para-hydroxylation sites is 1. The van der Waals surface area contributed by atoms with E-state index < -0.39 is 0 Å². The highest BCUT2D eigenvalue weighted by atomic mass is 35.5. The Morgan fingerprint density at radius 2 is 2.07 bits per heavy atom. The number of hydrogen-bond acceptors (Lipinski definition) is 3. The average molecular weight is 229 g/mol. The van der Waals surface area contributed by atoms with E-state index in [1.54, 1.807) is 6.07 Å². The van der Waals surface area contributed by atoms with E-state index in [2.05, 4.69) is 15.5 Å². The first-order valence-corrected chi connectivity index (χ1v) is 4.82. The summed E-state index contributed by atoms with van der Waals surface area (Å²) < 4.78 is 1.52. The van der Waals surface area contributed by atoms with Crippen molar-refractivity contribution in [1.29, 1.82) is 0 Å². The first-order chi connectivity index (χ1) is 6.83. The van der Waals surface area contributed by atoms with Crippen LogP contribution in [0.15, 0.2) is 24.3 Å². The monoisotopic (exact) mass is 228 g/mol. The van der Waals surface area contributed by atoms with Crippen LogP contribution in [0.5, 0.6) is 0 Å². The number of nitrogens with zero attached hydrogens (tertiary/aromatic N) is 4. The molecule has 0 fully saturated rings. The summed E-state index contributed by atoms with van der Waals surface area (Å²) in [4.78, 5) is 0. The minimum Gasteiger partial charge on any atom is -0.195 e. The fourth-order valence-corrected chi connectivity index (χ4v) is 1.48. The normalized spacial score (nSPS) is 10.4. The van der Waals surface area contributed by atoms with Crippen LogP contribution in [0, 0.1) is 0 Å². The minimum absolute atomic E-state index is 0.248. The van der Waals surface area contributed by atoms with Crippen molar-refractivity contribution in [2.75, 3.05) is 0 Å². The highest BCUT2D eigenvalue weighted by Gasteiger charge is 2.08. The van der Waals surface area contributed by atoms with Gasteiger partial charge in [-0.1, -0.05) is 23.7 Å². The highest BCUT2D eigenvalue weighted by molar-refractivity contribution is 6.32. The Labute approximate surface area is 90.4 Å². The molecular weight excluding hydrogens is 223 g/mol. The maximum atomic E-state index is 5.99.